The van der Waals surface area contributed by atoms with Crippen LogP contribution in [0.15, 0.2) is 0 Å². The summed E-state index contributed by atoms with van der Waals surface area (Å²) in [6, 6.07) is 0. The van der Waals surface area contributed by atoms with E-state index in [0.717, 1.165) is 43.4 Å². The van der Waals surface area contributed by atoms with Crippen LogP contribution >= 0.6 is 0 Å². The zero-order chi connectivity index (χ0) is 26.0. The van der Waals surface area contributed by atoms with Crippen molar-refractivity contribution in [2.45, 2.75) is 131 Å². The molecule has 202 valence electrons. The zero-order valence-electron chi connectivity index (χ0n) is 23.8. The minimum atomic E-state index is -3.09. The third-order valence-corrected chi connectivity index (χ3v) is 14.7. The first-order valence-corrected chi connectivity index (χ1v) is 14.8. The van der Waals surface area contributed by atoms with Gasteiger partial charge >= 0.3 is 5.97 Å². The zero-order valence-corrected chi connectivity index (χ0v) is 23.8. The second kappa shape index (κ2) is 7.48. The monoisotopic (exact) mass is 490 g/mol. The summed E-state index contributed by atoms with van der Waals surface area (Å²) in [4.78, 5) is 0. The van der Waals surface area contributed by atoms with Crippen molar-refractivity contribution in [2.24, 2.45) is 62.6 Å². The Balaban J connectivity index is 1.62. The highest BCUT2D eigenvalue weighted by Gasteiger charge is 2.76. The molecule has 0 aliphatic heterocycles. The van der Waals surface area contributed by atoms with Crippen molar-refractivity contribution >= 4 is 0 Å². The summed E-state index contributed by atoms with van der Waals surface area (Å²) in [7, 11) is 0. The van der Waals surface area contributed by atoms with Crippen LogP contribution < -0.4 is 0 Å². The lowest BCUT2D eigenvalue weighted by Gasteiger charge is -2.75. The van der Waals surface area contributed by atoms with Gasteiger partial charge in [0, 0.05) is 5.41 Å². The molecule has 0 amide bonds. The Bertz CT molecular complexity index is 859. The van der Waals surface area contributed by atoms with E-state index in [4.69, 9.17) is 0 Å². The average Bonchev–Trinajstić information content (AvgIpc) is 2.74. The number of hydrogen-bond acceptors (Lipinski definition) is 4. The molecule has 4 heteroatoms. The van der Waals surface area contributed by atoms with Gasteiger partial charge in [0.1, 0.15) is 0 Å². The summed E-state index contributed by atoms with van der Waals surface area (Å²) in [5.74, 6) is 0.111. The van der Waals surface area contributed by atoms with E-state index < -0.39 is 17.0 Å². The lowest BCUT2D eigenvalue weighted by molar-refractivity contribution is -0.445. The number of aliphatic hydroxyl groups is 4. The van der Waals surface area contributed by atoms with E-state index in [-0.39, 0.29) is 34.5 Å². The molecule has 4 N–H and O–H groups in total. The van der Waals surface area contributed by atoms with E-state index >= 15 is 0 Å². The van der Waals surface area contributed by atoms with E-state index in [0.29, 0.717) is 17.8 Å². The highest BCUT2D eigenvalue weighted by Crippen LogP contribution is 2.78. The lowest BCUT2D eigenvalue weighted by atomic mass is 9.29. The van der Waals surface area contributed by atoms with Gasteiger partial charge in [-0.25, -0.2) is 0 Å². The van der Waals surface area contributed by atoms with Crippen molar-refractivity contribution in [2.75, 3.05) is 0 Å². The second-order valence-electron chi connectivity index (χ2n) is 16.0. The highest BCUT2D eigenvalue weighted by molar-refractivity contribution is 5.23. The van der Waals surface area contributed by atoms with Gasteiger partial charge in [0.25, 0.3) is 0 Å². The normalized spacial score (nSPS) is 57.9. The molecule has 4 nitrogen and oxygen atoms in total. The smallest absolute Gasteiger partial charge is 0.306 e. The number of hydrogen-bond donors (Lipinski definition) is 4. The Morgan fingerprint density at radius 3 is 1.94 bits per heavy atom. The number of rotatable bonds is 1. The first-order valence-electron chi connectivity index (χ1n) is 14.8. The van der Waals surface area contributed by atoms with Crippen molar-refractivity contribution < 1.29 is 20.4 Å². The fourth-order valence-corrected chi connectivity index (χ4v) is 12.2. The van der Waals surface area contributed by atoms with E-state index in [1.54, 1.807) is 0 Å². The molecular formula is C31H54O4. The third kappa shape index (κ3) is 3.06. The minimum absolute atomic E-state index is 0.00441. The van der Waals surface area contributed by atoms with Crippen LogP contribution in [-0.4, -0.2) is 32.0 Å². The summed E-state index contributed by atoms with van der Waals surface area (Å²) in [6.45, 7) is 19.3. The van der Waals surface area contributed by atoms with Gasteiger partial charge < -0.3 is 20.4 Å². The van der Waals surface area contributed by atoms with Gasteiger partial charge in [-0.05, 0) is 121 Å². The molecule has 0 spiro atoms. The SMILES string of the molecule is C[C@@H]1[C@H]2[C@H]3CC[C@@H]4[C@]5(C)[C@@H](CC[C@@]4(C)[C@]3(C)CC[C@@]2(C)CC[C@H]1C)C(C)(C)CCC5(O)C(O)(O)O. The molecule has 0 radical (unpaired) electrons. The lowest BCUT2D eigenvalue weighted by Crippen LogP contribution is -2.76. The second-order valence-corrected chi connectivity index (χ2v) is 16.0. The van der Waals surface area contributed by atoms with Crippen LogP contribution in [0.5, 0.6) is 0 Å². The Hall–Kier alpha value is -0.160. The predicted molar refractivity (Wildman–Crippen MR) is 139 cm³/mol. The molecule has 0 aromatic rings. The molecule has 0 aromatic carbocycles. The molecular weight excluding hydrogens is 436 g/mol. The summed E-state index contributed by atoms with van der Waals surface area (Å²) in [5.41, 5.74) is -2.11. The first kappa shape index (κ1) is 26.4. The maximum atomic E-state index is 12.1. The van der Waals surface area contributed by atoms with Crippen LogP contribution in [0, 0.1) is 62.6 Å². The van der Waals surface area contributed by atoms with Crippen LogP contribution in [0.4, 0.5) is 0 Å². The van der Waals surface area contributed by atoms with Crippen LogP contribution in [0.1, 0.15) is 120 Å². The maximum Gasteiger partial charge on any atom is 0.306 e. The molecule has 5 aliphatic rings. The van der Waals surface area contributed by atoms with E-state index in [1.165, 1.54) is 25.7 Å². The van der Waals surface area contributed by atoms with Crippen molar-refractivity contribution in [1.82, 2.24) is 0 Å². The molecule has 0 saturated heterocycles. The van der Waals surface area contributed by atoms with Gasteiger partial charge in [-0.2, -0.15) is 0 Å². The predicted octanol–water partition coefficient (Wildman–Crippen LogP) is 6.11. The molecule has 0 heterocycles. The van der Waals surface area contributed by atoms with Gasteiger partial charge in [-0.3, -0.25) is 0 Å². The Morgan fingerprint density at radius 2 is 1.31 bits per heavy atom. The van der Waals surface area contributed by atoms with E-state index in [9.17, 15) is 20.4 Å². The van der Waals surface area contributed by atoms with Gasteiger partial charge in [0.15, 0.2) is 5.60 Å². The average molecular weight is 491 g/mol. The van der Waals surface area contributed by atoms with Gasteiger partial charge in [-0.15, -0.1) is 0 Å². The summed E-state index contributed by atoms with van der Waals surface area (Å²) >= 11 is 0. The highest BCUT2D eigenvalue weighted by atomic mass is 16.7. The van der Waals surface area contributed by atoms with Crippen molar-refractivity contribution in [3.8, 4) is 0 Å². The Morgan fingerprint density at radius 1 is 0.657 bits per heavy atom. The summed E-state index contributed by atoms with van der Waals surface area (Å²) in [5, 5.41) is 44.1. The van der Waals surface area contributed by atoms with Gasteiger partial charge in [-0.1, -0.05) is 55.4 Å². The topological polar surface area (TPSA) is 80.9 Å². The fraction of sp³-hybridized carbons (Fsp3) is 1.00. The third-order valence-electron chi connectivity index (χ3n) is 14.7. The first-order chi connectivity index (χ1) is 15.9. The van der Waals surface area contributed by atoms with Crippen LogP contribution in [0.2, 0.25) is 0 Å². The molecule has 35 heavy (non-hydrogen) atoms. The molecule has 5 rings (SSSR count). The van der Waals surface area contributed by atoms with Crippen LogP contribution in [0.25, 0.3) is 0 Å². The Kier molecular flexibility index (Phi) is 5.65. The minimum Gasteiger partial charge on any atom is -0.381 e. The van der Waals surface area contributed by atoms with Gasteiger partial charge in [0.2, 0.25) is 0 Å². The fourth-order valence-electron chi connectivity index (χ4n) is 12.2. The molecule has 0 aromatic heterocycles. The molecule has 1 unspecified atom stereocenters. The largest absolute Gasteiger partial charge is 0.381 e. The number of fused-ring (bicyclic) bond motifs is 7. The summed E-state index contributed by atoms with van der Waals surface area (Å²) < 4.78 is 0. The van der Waals surface area contributed by atoms with Crippen molar-refractivity contribution in [3.63, 3.8) is 0 Å². The molecule has 11 atom stereocenters. The maximum absolute atomic E-state index is 12.1. The molecule has 5 saturated carbocycles. The van der Waals surface area contributed by atoms with Crippen molar-refractivity contribution in [3.05, 3.63) is 0 Å². The molecule has 5 fully saturated rings. The molecule has 5 aliphatic carbocycles. The molecule has 0 bridgehead atoms. The van der Waals surface area contributed by atoms with E-state index in [2.05, 4.69) is 55.4 Å². The Labute approximate surface area is 214 Å². The standard InChI is InChI=1S/C31H54O4/c1-19-11-13-26(5)16-17-27(6)21(24(26)20(19)2)9-10-23-28(27,7)14-12-22-25(3,4)15-18-30(32,29(22,23)8)31(33,34)35/h19-24,32-35H,9-18H2,1-8H3/t19-,20+,21-,22+,23+,24+,26-,27-,28-,29+,30?/m1/s1. The van der Waals surface area contributed by atoms with Crippen LogP contribution in [0.3, 0.4) is 0 Å². The van der Waals surface area contributed by atoms with Crippen molar-refractivity contribution in [1.29, 1.82) is 0 Å². The van der Waals surface area contributed by atoms with E-state index in [1.807, 2.05) is 0 Å². The van der Waals surface area contributed by atoms with Gasteiger partial charge in [0.05, 0.1) is 0 Å². The van der Waals surface area contributed by atoms with Crippen LogP contribution in [-0.2, 0) is 0 Å². The summed E-state index contributed by atoms with van der Waals surface area (Å²) in [6.07, 6.45) is 10.4. The quantitative estimate of drug-likeness (QED) is 0.335.